The van der Waals surface area contributed by atoms with E-state index in [0.29, 0.717) is 23.8 Å². The number of carbonyl (C=O) groups excluding carboxylic acids is 2. The predicted octanol–water partition coefficient (Wildman–Crippen LogP) is 5.66. The second-order valence-electron chi connectivity index (χ2n) is 9.37. The van der Waals surface area contributed by atoms with Crippen LogP contribution < -0.4 is 9.47 Å². The zero-order valence-corrected chi connectivity index (χ0v) is 21.0. The molecule has 0 radical (unpaired) electrons. The average molecular weight is 486 g/mol. The Labute approximate surface area is 211 Å². The molecule has 1 aliphatic heterocycles. The van der Waals surface area contributed by atoms with Crippen LogP contribution >= 0.6 is 0 Å². The maximum Gasteiger partial charge on any atom is 0.295 e. The number of amides is 1. The summed E-state index contributed by atoms with van der Waals surface area (Å²) in [7, 11) is 1.58. The Morgan fingerprint density at radius 1 is 1.00 bits per heavy atom. The highest BCUT2D eigenvalue weighted by Crippen LogP contribution is 2.40. The van der Waals surface area contributed by atoms with Gasteiger partial charge in [-0.05, 0) is 59.9 Å². The molecule has 3 aromatic carbocycles. The summed E-state index contributed by atoms with van der Waals surface area (Å²) in [6, 6.07) is 21.2. The topological polar surface area (TPSA) is 76.1 Å². The van der Waals surface area contributed by atoms with Crippen molar-refractivity contribution < 1.29 is 24.2 Å². The van der Waals surface area contributed by atoms with Gasteiger partial charge in [0, 0.05) is 12.1 Å². The van der Waals surface area contributed by atoms with Crippen molar-refractivity contribution in [3.63, 3.8) is 0 Å². The summed E-state index contributed by atoms with van der Waals surface area (Å²) in [5.74, 6) is 0.204. The van der Waals surface area contributed by atoms with Gasteiger partial charge in [0.15, 0.2) is 0 Å². The van der Waals surface area contributed by atoms with E-state index in [4.69, 9.17) is 9.47 Å². The lowest BCUT2D eigenvalue weighted by atomic mass is 9.94. The number of aliphatic hydroxyl groups is 1. The van der Waals surface area contributed by atoms with Gasteiger partial charge in [0.2, 0.25) is 0 Å². The summed E-state index contributed by atoms with van der Waals surface area (Å²) < 4.78 is 11.2. The van der Waals surface area contributed by atoms with Crippen molar-refractivity contribution in [3.05, 3.63) is 101 Å². The first kappa shape index (κ1) is 25.0. The number of aryl methyl sites for hydroxylation is 1. The number of rotatable bonds is 8. The molecule has 0 aliphatic carbocycles. The first-order valence-electron chi connectivity index (χ1n) is 12.0. The van der Waals surface area contributed by atoms with Gasteiger partial charge in [0.05, 0.1) is 25.3 Å². The molecule has 0 saturated carbocycles. The highest BCUT2D eigenvalue weighted by Gasteiger charge is 2.46. The number of nitrogens with zero attached hydrogens (tertiary/aromatic N) is 1. The number of ketones is 1. The van der Waals surface area contributed by atoms with Crippen LogP contribution in [0.5, 0.6) is 11.5 Å². The predicted molar refractivity (Wildman–Crippen MR) is 139 cm³/mol. The monoisotopic (exact) mass is 485 g/mol. The highest BCUT2D eigenvalue weighted by molar-refractivity contribution is 6.46. The largest absolute Gasteiger partial charge is 0.507 e. The van der Waals surface area contributed by atoms with E-state index in [0.717, 1.165) is 22.4 Å². The van der Waals surface area contributed by atoms with Crippen LogP contribution in [-0.4, -0.2) is 35.4 Å². The van der Waals surface area contributed by atoms with Crippen molar-refractivity contribution in [1.82, 2.24) is 4.90 Å². The Morgan fingerprint density at radius 2 is 1.75 bits per heavy atom. The molecular formula is C30H31NO5. The Balaban J connectivity index is 1.77. The van der Waals surface area contributed by atoms with Crippen LogP contribution in [0.1, 0.15) is 42.1 Å². The lowest BCUT2D eigenvalue weighted by molar-refractivity contribution is -0.140. The molecule has 0 spiro atoms. The third-order valence-corrected chi connectivity index (χ3v) is 6.16. The molecular weight excluding hydrogens is 454 g/mol. The lowest BCUT2D eigenvalue weighted by Gasteiger charge is -2.25. The molecule has 4 rings (SSSR count). The van der Waals surface area contributed by atoms with Crippen LogP contribution in [-0.2, 0) is 16.1 Å². The molecule has 1 fully saturated rings. The number of aliphatic hydroxyl groups excluding tert-OH is 1. The van der Waals surface area contributed by atoms with Gasteiger partial charge in [-0.3, -0.25) is 9.59 Å². The standard InChI is InChI=1S/C30H31NO5/c1-19(2)18-36-25-14-13-23(15-20(25)3)28(32)26-27(22-10-6-5-7-11-22)31(30(34)29(26)33)17-21-9-8-12-24(16-21)35-4/h5-16,19,27,32H,17-18H2,1-4H3/b28-26-. The van der Waals surface area contributed by atoms with Gasteiger partial charge in [-0.25, -0.2) is 0 Å². The van der Waals surface area contributed by atoms with Crippen LogP contribution in [0.3, 0.4) is 0 Å². The first-order chi connectivity index (χ1) is 17.3. The quantitative estimate of drug-likeness (QED) is 0.253. The Hall–Kier alpha value is -4.06. The van der Waals surface area contributed by atoms with E-state index in [1.54, 1.807) is 25.3 Å². The number of methoxy groups -OCH3 is 1. The summed E-state index contributed by atoms with van der Waals surface area (Å²) in [4.78, 5) is 28.0. The molecule has 3 aromatic rings. The SMILES string of the molecule is COc1cccc(CN2C(=O)C(=O)/C(=C(\O)c3ccc(OCC(C)C)c(C)c3)C2c2ccccc2)c1. The molecule has 186 valence electrons. The third-order valence-electron chi connectivity index (χ3n) is 6.16. The molecule has 1 heterocycles. The molecule has 6 nitrogen and oxygen atoms in total. The van der Waals surface area contributed by atoms with E-state index >= 15 is 0 Å². The second-order valence-corrected chi connectivity index (χ2v) is 9.37. The molecule has 0 aromatic heterocycles. The van der Waals surface area contributed by atoms with Gasteiger partial charge in [-0.1, -0.05) is 56.3 Å². The molecule has 1 unspecified atom stereocenters. The van der Waals surface area contributed by atoms with E-state index in [2.05, 4.69) is 13.8 Å². The summed E-state index contributed by atoms with van der Waals surface area (Å²) in [6.45, 7) is 6.81. The fraction of sp³-hybridized carbons (Fsp3) is 0.267. The van der Waals surface area contributed by atoms with Crippen LogP contribution in [0.25, 0.3) is 5.76 Å². The molecule has 1 N–H and O–H groups in total. The van der Waals surface area contributed by atoms with Crippen molar-refractivity contribution in [2.24, 2.45) is 5.92 Å². The number of Topliss-reactive ketones (excluding diaryl/α,β-unsaturated/α-hetero) is 1. The smallest absolute Gasteiger partial charge is 0.295 e. The van der Waals surface area contributed by atoms with Gasteiger partial charge in [-0.2, -0.15) is 0 Å². The van der Waals surface area contributed by atoms with Gasteiger partial charge in [0.1, 0.15) is 17.3 Å². The van der Waals surface area contributed by atoms with Crippen molar-refractivity contribution in [1.29, 1.82) is 0 Å². The van der Waals surface area contributed by atoms with Crippen LogP contribution in [0.15, 0.2) is 78.4 Å². The van der Waals surface area contributed by atoms with E-state index in [-0.39, 0.29) is 17.9 Å². The van der Waals surface area contributed by atoms with E-state index in [1.165, 1.54) is 4.90 Å². The van der Waals surface area contributed by atoms with Gasteiger partial charge in [-0.15, -0.1) is 0 Å². The minimum Gasteiger partial charge on any atom is -0.507 e. The fourth-order valence-electron chi connectivity index (χ4n) is 4.36. The highest BCUT2D eigenvalue weighted by atomic mass is 16.5. The normalized spacial score (nSPS) is 17.0. The van der Waals surface area contributed by atoms with Crippen molar-refractivity contribution in [2.45, 2.75) is 33.4 Å². The van der Waals surface area contributed by atoms with E-state index < -0.39 is 17.7 Å². The molecule has 6 heteroatoms. The number of likely N-dealkylation sites (tertiary alicyclic amines) is 1. The maximum atomic E-state index is 13.3. The van der Waals surface area contributed by atoms with Gasteiger partial charge >= 0.3 is 0 Å². The second kappa shape index (κ2) is 10.7. The van der Waals surface area contributed by atoms with Gasteiger partial charge < -0.3 is 19.5 Å². The number of hydrogen-bond donors (Lipinski definition) is 1. The number of benzene rings is 3. The van der Waals surface area contributed by atoms with Crippen molar-refractivity contribution >= 4 is 17.4 Å². The maximum absolute atomic E-state index is 13.3. The minimum absolute atomic E-state index is 0.0735. The number of ether oxygens (including phenoxy) is 2. The minimum atomic E-state index is -0.727. The molecule has 1 saturated heterocycles. The van der Waals surface area contributed by atoms with E-state index in [9.17, 15) is 14.7 Å². The van der Waals surface area contributed by atoms with E-state index in [1.807, 2.05) is 61.5 Å². The summed E-state index contributed by atoms with van der Waals surface area (Å²) in [6.07, 6.45) is 0. The Morgan fingerprint density at radius 3 is 2.42 bits per heavy atom. The van der Waals surface area contributed by atoms with Crippen LogP contribution in [0.2, 0.25) is 0 Å². The Bertz CT molecular complexity index is 1300. The summed E-state index contributed by atoms with van der Waals surface area (Å²) in [5.41, 5.74) is 2.94. The molecule has 1 amide bonds. The Kier molecular flexibility index (Phi) is 7.44. The molecule has 1 atom stereocenters. The average Bonchev–Trinajstić information content (AvgIpc) is 3.13. The fourth-order valence-corrected chi connectivity index (χ4v) is 4.36. The van der Waals surface area contributed by atoms with Crippen LogP contribution in [0, 0.1) is 12.8 Å². The van der Waals surface area contributed by atoms with Crippen molar-refractivity contribution in [2.75, 3.05) is 13.7 Å². The summed E-state index contributed by atoms with van der Waals surface area (Å²) in [5, 5.41) is 11.4. The molecule has 36 heavy (non-hydrogen) atoms. The lowest BCUT2D eigenvalue weighted by Crippen LogP contribution is -2.29. The molecule has 0 bridgehead atoms. The van der Waals surface area contributed by atoms with Gasteiger partial charge in [0.25, 0.3) is 11.7 Å². The zero-order valence-electron chi connectivity index (χ0n) is 21.0. The number of hydrogen-bond acceptors (Lipinski definition) is 5. The third kappa shape index (κ3) is 5.13. The first-order valence-corrected chi connectivity index (χ1v) is 12.0. The zero-order chi connectivity index (χ0) is 25.8. The molecule has 1 aliphatic rings. The van der Waals surface area contributed by atoms with Crippen LogP contribution in [0.4, 0.5) is 0 Å². The number of carbonyl (C=O) groups is 2. The van der Waals surface area contributed by atoms with Crippen molar-refractivity contribution in [3.8, 4) is 11.5 Å². The summed E-state index contributed by atoms with van der Waals surface area (Å²) >= 11 is 0.